The highest BCUT2D eigenvalue weighted by Crippen LogP contribution is 2.30. The van der Waals surface area contributed by atoms with Crippen molar-refractivity contribution in [1.29, 1.82) is 0 Å². The maximum Gasteiger partial charge on any atom is 0.328 e. The molecule has 1 atom stereocenters. The maximum atomic E-state index is 11.2. The number of carbonyl (C=O) groups is 1. The fraction of sp³-hybridized carbons (Fsp3) is 0.364. The van der Waals surface area contributed by atoms with Gasteiger partial charge in [0.25, 0.3) is 0 Å². The van der Waals surface area contributed by atoms with E-state index in [4.69, 9.17) is 16.3 Å². The Labute approximate surface area is 92.9 Å². The summed E-state index contributed by atoms with van der Waals surface area (Å²) in [4.78, 5) is 11.2. The van der Waals surface area contributed by atoms with Gasteiger partial charge in [0.1, 0.15) is 5.75 Å². The Bertz CT molecular complexity index is 389. The van der Waals surface area contributed by atoms with Crippen molar-refractivity contribution < 1.29 is 14.3 Å². The first-order valence-corrected chi connectivity index (χ1v) is 5.13. The molecule has 0 radical (unpaired) electrons. The van der Waals surface area contributed by atoms with Crippen LogP contribution >= 0.6 is 11.6 Å². The molecule has 0 saturated heterocycles. The van der Waals surface area contributed by atoms with Crippen molar-refractivity contribution in [2.24, 2.45) is 0 Å². The molecule has 1 aromatic carbocycles. The number of fused-ring (bicyclic) bond motifs is 1. The minimum atomic E-state index is -0.735. The van der Waals surface area contributed by atoms with Crippen LogP contribution < -0.4 is 4.74 Å². The molecule has 0 saturated carbocycles. The summed E-state index contributed by atoms with van der Waals surface area (Å²) in [5.74, 6) is 0.447. The molecule has 0 aliphatic carbocycles. The van der Waals surface area contributed by atoms with Gasteiger partial charge in [-0.1, -0.05) is 6.07 Å². The third-order valence-electron chi connectivity index (χ3n) is 2.41. The second-order valence-corrected chi connectivity index (χ2v) is 3.79. The molecule has 15 heavy (non-hydrogen) atoms. The SMILES string of the molecule is COC(=O)C(Cl)c1ccc2c(c1)CCO2. The van der Waals surface area contributed by atoms with E-state index in [1.165, 1.54) is 7.11 Å². The Morgan fingerprint density at radius 3 is 3.13 bits per heavy atom. The fourth-order valence-electron chi connectivity index (χ4n) is 1.60. The molecular formula is C11H11ClO3. The van der Waals surface area contributed by atoms with Gasteiger partial charge in [0, 0.05) is 6.42 Å². The Kier molecular flexibility index (Phi) is 2.82. The van der Waals surface area contributed by atoms with Crippen molar-refractivity contribution in [3.63, 3.8) is 0 Å². The van der Waals surface area contributed by atoms with Gasteiger partial charge in [-0.3, -0.25) is 4.79 Å². The van der Waals surface area contributed by atoms with Crippen molar-refractivity contribution in [2.75, 3.05) is 13.7 Å². The Morgan fingerprint density at radius 2 is 2.40 bits per heavy atom. The number of alkyl halides is 1. The molecule has 0 fully saturated rings. The van der Waals surface area contributed by atoms with Gasteiger partial charge in [-0.2, -0.15) is 0 Å². The molecular weight excluding hydrogens is 216 g/mol. The van der Waals surface area contributed by atoms with Crippen LogP contribution in [0.3, 0.4) is 0 Å². The molecule has 0 bridgehead atoms. The third-order valence-corrected chi connectivity index (χ3v) is 2.84. The number of hydrogen-bond donors (Lipinski definition) is 0. The minimum Gasteiger partial charge on any atom is -0.493 e. The van der Waals surface area contributed by atoms with E-state index in [0.717, 1.165) is 23.3 Å². The van der Waals surface area contributed by atoms with Crippen LogP contribution in [0.25, 0.3) is 0 Å². The number of carbonyl (C=O) groups excluding carboxylic acids is 1. The van der Waals surface area contributed by atoms with E-state index in [1.807, 2.05) is 12.1 Å². The highest BCUT2D eigenvalue weighted by molar-refractivity contribution is 6.29. The van der Waals surface area contributed by atoms with Gasteiger partial charge in [-0.25, -0.2) is 0 Å². The van der Waals surface area contributed by atoms with E-state index < -0.39 is 11.3 Å². The highest BCUT2D eigenvalue weighted by Gasteiger charge is 2.21. The number of hydrogen-bond acceptors (Lipinski definition) is 3. The summed E-state index contributed by atoms with van der Waals surface area (Å²) < 4.78 is 9.94. The molecule has 0 N–H and O–H groups in total. The van der Waals surface area contributed by atoms with Crippen LogP contribution in [0.5, 0.6) is 5.75 Å². The number of halogens is 1. The first-order chi connectivity index (χ1) is 7.22. The van der Waals surface area contributed by atoms with Crippen molar-refractivity contribution in [1.82, 2.24) is 0 Å². The van der Waals surface area contributed by atoms with E-state index in [9.17, 15) is 4.79 Å². The Morgan fingerprint density at radius 1 is 1.60 bits per heavy atom. The lowest BCUT2D eigenvalue weighted by Gasteiger charge is -2.08. The van der Waals surface area contributed by atoms with Crippen molar-refractivity contribution >= 4 is 17.6 Å². The number of ether oxygens (including phenoxy) is 2. The quantitative estimate of drug-likeness (QED) is 0.572. The first-order valence-electron chi connectivity index (χ1n) is 4.70. The normalized spacial score (nSPS) is 15.3. The zero-order valence-corrected chi connectivity index (χ0v) is 9.08. The molecule has 2 rings (SSSR count). The molecule has 0 amide bonds. The molecule has 1 aromatic rings. The molecule has 0 aromatic heterocycles. The molecule has 1 aliphatic heterocycles. The molecule has 0 spiro atoms. The number of esters is 1. The van der Waals surface area contributed by atoms with Crippen LogP contribution in [0.2, 0.25) is 0 Å². The van der Waals surface area contributed by atoms with Crippen LogP contribution in [0.4, 0.5) is 0 Å². The van der Waals surface area contributed by atoms with Crippen LogP contribution in [0.1, 0.15) is 16.5 Å². The number of benzene rings is 1. The lowest BCUT2D eigenvalue weighted by molar-refractivity contribution is -0.140. The van der Waals surface area contributed by atoms with Gasteiger partial charge in [-0.15, -0.1) is 11.6 Å². The van der Waals surface area contributed by atoms with E-state index in [-0.39, 0.29) is 0 Å². The van der Waals surface area contributed by atoms with Gasteiger partial charge in [0.15, 0.2) is 5.38 Å². The number of methoxy groups -OCH3 is 1. The smallest absolute Gasteiger partial charge is 0.328 e. The summed E-state index contributed by atoms with van der Waals surface area (Å²) in [7, 11) is 1.33. The molecule has 3 nitrogen and oxygen atoms in total. The molecule has 1 unspecified atom stereocenters. The summed E-state index contributed by atoms with van der Waals surface area (Å²) in [6, 6.07) is 5.53. The van der Waals surface area contributed by atoms with Gasteiger partial charge < -0.3 is 9.47 Å². The molecule has 1 aliphatic rings. The second-order valence-electron chi connectivity index (χ2n) is 3.35. The largest absolute Gasteiger partial charge is 0.493 e. The van der Waals surface area contributed by atoms with Crippen LogP contribution in [-0.2, 0) is 16.0 Å². The Hall–Kier alpha value is -1.22. The third kappa shape index (κ3) is 1.92. The summed E-state index contributed by atoms with van der Waals surface area (Å²) in [5, 5.41) is -0.735. The summed E-state index contributed by atoms with van der Waals surface area (Å²) in [6.45, 7) is 0.698. The van der Waals surface area contributed by atoms with E-state index >= 15 is 0 Å². The average molecular weight is 227 g/mol. The van der Waals surface area contributed by atoms with E-state index in [1.54, 1.807) is 6.07 Å². The van der Waals surface area contributed by atoms with Crippen LogP contribution in [-0.4, -0.2) is 19.7 Å². The van der Waals surface area contributed by atoms with Crippen LogP contribution in [0, 0.1) is 0 Å². The zero-order valence-electron chi connectivity index (χ0n) is 8.33. The average Bonchev–Trinajstić information content (AvgIpc) is 2.73. The first kappa shape index (κ1) is 10.3. The maximum absolute atomic E-state index is 11.2. The van der Waals surface area contributed by atoms with Gasteiger partial charge in [-0.05, 0) is 23.3 Å². The predicted molar refractivity (Wildman–Crippen MR) is 56.3 cm³/mol. The molecule has 1 heterocycles. The lowest BCUT2D eigenvalue weighted by Crippen LogP contribution is -2.08. The van der Waals surface area contributed by atoms with Crippen molar-refractivity contribution in [2.45, 2.75) is 11.8 Å². The van der Waals surface area contributed by atoms with Crippen LogP contribution in [0.15, 0.2) is 18.2 Å². The monoisotopic (exact) mass is 226 g/mol. The standard InChI is InChI=1S/C11H11ClO3/c1-14-11(13)10(12)8-2-3-9-7(6-8)4-5-15-9/h2-3,6,10H,4-5H2,1H3. The molecule has 80 valence electrons. The highest BCUT2D eigenvalue weighted by atomic mass is 35.5. The predicted octanol–water partition coefficient (Wildman–Crippen LogP) is 2.07. The minimum absolute atomic E-state index is 0.435. The second kappa shape index (κ2) is 4.11. The van der Waals surface area contributed by atoms with Crippen molar-refractivity contribution in [3.05, 3.63) is 29.3 Å². The summed E-state index contributed by atoms with van der Waals surface area (Å²) >= 11 is 5.94. The molecule has 4 heteroatoms. The van der Waals surface area contributed by atoms with Crippen molar-refractivity contribution in [3.8, 4) is 5.75 Å². The number of rotatable bonds is 2. The van der Waals surface area contributed by atoms with Gasteiger partial charge >= 0.3 is 5.97 Å². The lowest BCUT2D eigenvalue weighted by atomic mass is 10.1. The van der Waals surface area contributed by atoms with Gasteiger partial charge in [0.2, 0.25) is 0 Å². The summed E-state index contributed by atoms with van der Waals surface area (Å²) in [6.07, 6.45) is 0.869. The Balaban J connectivity index is 2.26. The van der Waals surface area contributed by atoms with E-state index in [2.05, 4.69) is 4.74 Å². The topological polar surface area (TPSA) is 35.5 Å². The zero-order chi connectivity index (χ0) is 10.8. The fourth-order valence-corrected chi connectivity index (χ4v) is 1.83. The summed E-state index contributed by atoms with van der Waals surface area (Å²) in [5.41, 5.74) is 1.86. The van der Waals surface area contributed by atoms with Gasteiger partial charge in [0.05, 0.1) is 13.7 Å². The van der Waals surface area contributed by atoms with E-state index in [0.29, 0.717) is 6.61 Å².